The van der Waals surface area contributed by atoms with Crippen molar-refractivity contribution in [2.75, 3.05) is 14.2 Å². The van der Waals surface area contributed by atoms with E-state index in [1.165, 1.54) is 26.4 Å². The molecule has 0 bridgehead atoms. The van der Waals surface area contributed by atoms with Gasteiger partial charge in [-0.3, -0.25) is 4.79 Å². The van der Waals surface area contributed by atoms with E-state index in [0.717, 1.165) is 12.1 Å². The summed E-state index contributed by atoms with van der Waals surface area (Å²) in [7, 11) is 2.78. The number of methoxy groups -OCH3 is 2. The number of carbonyl (C=O) groups is 1. The maximum absolute atomic E-state index is 13.2. The number of carbonyl (C=O) groups excluding carboxylic acids is 1. The molecule has 0 saturated carbocycles. The van der Waals surface area contributed by atoms with Gasteiger partial charge in [-0.05, 0) is 6.07 Å². The predicted molar refractivity (Wildman–Crippen MR) is 88.6 cm³/mol. The lowest BCUT2D eigenvalue weighted by atomic mass is 9.76. The number of aliphatic hydroxyl groups excluding tert-OH is 1. The number of phenolic OH excluding ortho intramolecular Hbond substituents is 2. The Morgan fingerprint density at radius 2 is 1.67 bits per heavy atom. The van der Waals surface area contributed by atoms with E-state index in [4.69, 9.17) is 18.9 Å². The number of aromatic hydroxyl groups is 2. The van der Waals surface area contributed by atoms with Gasteiger partial charge in [0.2, 0.25) is 18.2 Å². The number of phenols is 2. The quantitative estimate of drug-likeness (QED) is 0.596. The van der Waals surface area contributed by atoms with E-state index in [-0.39, 0.29) is 39.9 Å². The average Bonchev–Trinajstić information content (AvgIpc) is 2.62. The zero-order valence-electron chi connectivity index (χ0n) is 14.3. The topological polar surface area (TPSA) is 135 Å². The van der Waals surface area contributed by atoms with E-state index in [9.17, 15) is 25.2 Å². The lowest BCUT2D eigenvalue weighted by Crippen LogP contribution is -2.61. The highest BCUT2D eigenvalue weighted by molar-refractivity contribution is 6.09. The first-order chi connectivity index (χ1) is 12.8. The Balaban J connectivity index is 1.97. The number of rotatable bonds is 2. The van der Waals surface area contributed by atoms with E-state index in [1.807, 2.05) is 0 Å². The van der Waals surface area contributed by atoms with Crippen molar-refractivity contribution in [3.8, 4) is 34.5 Å². The van der Waals surface area contributed by atoms with Crippen LogP contribution in [0.3, 0.4) is 0 Å². The molecule has 2 aliphatic rings. The highest BCUT2D eigenvalue weighted by atomic mass is 16.6. The second-order valence-electron chi connectivity index (χ2n) is 6.18. The van der Waals surface area contributed by atoms with Crippen molar-refractivity contribution in [2.24, 2.45) is 0 Å². The number of hydrogen-bond acceptors (Lipinski definition) is 9. The number of Topliss-reactive ketones (excluding diaryl/α,β-unsaturated/α-hetero) is 1. The molecule has 0 radical (unpaired) electrons. The van der Waals surface area contributed by atoms with Gasteiger partial charge in [-0.25, -0.2) is 0 Å². The smallest absolute Gasteiger partial charge is 0.238 e. The number of aliphatic hydroxyl groups is 2. The fraction of sp³-hybridized carbons (Fsp3) is 0.278. The molecular formula is C18H16O9. The lowest BCUT2D eigenvalue weighted by molar-refractivity contribution is -0.179. The van der Waals surface area contributed by atoms with E-state index >= 15 is 0 Å². The third kappa shape index (κ3) is 2.22. The van der Waals surface area contributed by atoms with Crippen molar-refractivity contribution in [3.05, 3.63) is 35.4 Å². The van der Waals surface area contributed by atoms with Crippen LogP contribution in [0.1, 0.15) is 15.9 Å². The van der Waals surface area contributed by atoms with Crippen molar-refractivity contribution in [3.63, 3.8) is 0 Å². The van der Waals surface area contributed by atoms with Gasteiger partial charge in [-0.2, -0.15) is 0 Å². The minimum atomic E-state index is -2.37. The second-order valence-corrected chi connectivity index (χ2v) is 6.18. The third-order valence-corrected chi connectivity index (χ3v) is 4.71. The van der Waals surface area contributed by atoms with Crippen LogP contribution >= 0.6 is 0 Å². The van der Waals surface area contributed by atoms with Crippen LogP contribution in [0.5, 0.6) is 34.5 Å². The summed E-state index contributed by atoms with van der Waals surface area (Å²) in [6, 6.07) is 4.76. The van der Waals surface area contributed by atoms with Gasteiger partial charge in [0.05, 0.1) is 14.2 Å². The highest BCUT2D eigenvalue weighted by Gasteiger charge is 2.60. The van der Waals surface area contributed by atoms with Crippen molar-refractivity contribution < 1.29 is 44.2 Å². The molecule has 2 aromatic rings. The zero-order chi connectivity index (χ0) is 19.5. The standard InChI is InChI=1S/C18H16O9/c1-24-11-5-8-10(6-12(11)25-2)27-17(22)16-18(8,23)15(21)14-9(20)3-7(19)4-13(14)26-16/h3-6,16-17,19-20,22-23H,1-2H3/t16-,17-,18+/m1/s1. The predicted octanol–water partition coefficient (Wildman–Crippen LogP) is 0.657. The van der Waals surface area contributed by atoms with Crippen LogP contribution in [-0.2, 0) is 5.60 Å². The molecule has 4 N–H and O–H groups in total. The monoisotopic (exact) mass is 376 g/mol. The fourth-order valence-corrected chi connectivity index (χ4v) is 3.44. The Bertz CT molecular complexity index is 954. The van der Waals surface area contributed by atoms with Gasteiger partial charge in [0.15, 0.2) is 17.1 Å². The van der Waals surface area contributed by atoms with Crippen molar-refractivity contribution in [1.82, 2.24) is 0 Å². The molecule has 0 aromatic heterocycles. The Morgan fingerprint density at radius 3 is 2.33 bits per heavy atom. The lowest BCUT2D eigenvalue weighted by Gasteiger charge is -2.45. The van der Waals surface area contributed by atoms with Gasteiger partial charge in [-0.1, -0.05) is 0 Å². The van der Waals surface area contributed by atoms with Crippen LogP contribution in [0.15, 0.2) is 24.3 Å². The molecule has 0 aliphatic carbocycles. The number of benzene rings is 2. The molecule has 0 unspecified atom stereocenters. The molecule has 2 aromatic carbocycles. The van der Waals surface area contributed by atoms with E-state index in [2.05, 4.69) is 0 Å². The van der Waals surface area contributed by atoms with Crippen LogP contribution in [0.2, 0.25) is 0 Å². The maximum Gasteiger partial charge on any atom is 0.238 e. The summed E-state index contributed by atoms with van der Waals surface area (Å²) in [6.45, 7) is 0. The van der Waals surface area contributed by atoms with Crippen molar-refractivity contribution >= 4 is 5.78 Å². The average molecular weight is 376 g/mol. The fourth-order valence-electron chi connectivity index (χ4n) is 3.44. The van der Waals surface area contributed by atoms with Crippen LogP contribution < -0.4 is 18.9 Å². The number of fused-ring (bicyclic) bond motifs is 4. The summed E-state index contributed by atoms with van der Waals surface area (Å²) in [5.74, 6) is -1.52. The first-order valence-electron chi connectivity index (χ1n) is 7.92. The van der Waals surface area contributed by atoms with Gasteiger partial charge in [0, 0.05) is 23.8 Å². The summed E-state index contributed by atoms with van der Waals surface area (Å²) in [5.41, 5.74) is -2.70. The molecule has 4 rings (SSSR count). The van der Waals surface area contributed by atoms with Crippen LogP contribution in [-0.4, -0.2) is 52.8 Å². The highest BCUT2D eigenvalue weighted by Crippen LogP contribution is 2.52. The van der Waals surface area contributed by atoms with Gasteiger partial charge >= 0.3 is 0 Å². The van der Waals surface area contributed by atoms with Gasteiger partial charge in [0.1, 0.15) is 28.6 Å². The molecule has 9 nitrogen and oxygen atoms in total. The molecule has 0 amide bonds. The van der Waals surface area contributed by atoms with E-state index in [1.54, 1.807) is 0 Å². The molecular weight excluding hydrogens is 360 g/mol. The summed E-state index contributed by atoms with van der Waals surface area (Å²) >= 11 is 0. The maximum atomic E-state index is 13.2. The molecule has 0 fully saturated rings. The largest absolute Gasteiger partial charge is 0.508 e. The van der Waals surface area contributed by atoms with Crippen molar-refractivity contribution in [1.29, 1.82) is 0 Å². The zero-order valence-corrected chi connectivity index (χ0v) is 14.3. The van der Waals surface area contributed by atoms with Gasteiger partial charge in [0.25, 0.3) is 0 Å². The third-order valence-electron chi connectivity index (χ3n) is 4.71. The molecule has 27 heavy (non-hydrogen) atoms. The number of hydrogen-bond donors (Lipinski definition) is 4. The molecule has 2 aliphatic heterocycles. The molecule has 9 heteroatoms. The van der Waals surface area contributed by atoms with Gasteiger partial charge in [-0.15, -0.1) is 0 Å². The summed E-state index contributed by atoms with van der Waals surface area (Å²) in [4.78, 5) is 13.2. The first kappa shape index (κ1) is 17.3. The Kier molecular flexibility index (Phi) is 3.62. The van der Waals surface area contributed by atoms with Gasteiger partial charge < -0.3 is 39.4 Å². The summed E-state index contributed by atoms with van der Waals surface area (Å²) < 4.78 is 21.3. The van der Waals surface area contributed by atoms with E-state index in [0.29, 0.717) is 0 Å². The molecule has 0 saturated heterocycles. The number of ether oxygens (including phenoxy) is 4. The Morgan fingerprint density at radius 1 is 1.00 bits per heavy atom. The minimum Gasteiger partial charge on any atom is -0.508 e. The summed E-state index contributed by atoms with van der Waals surface area (Å²) in [5, 5.41) is 41.4. The van der Waals surface area contributed by atoms with Crippen LogP contribution in [0.25, 0.3) is 0 Å². The molecule has 142 valence electrons. The second kappa shape index (κ2) is 5.66. The number of ketones is 1. The van der Waals surface area contributed by atoms with Crippen LogP contribution in [0, 0.1) is 0 Å². The molecule has 0 spiro atoms. The SMILES string of the molecule is COc1cc2c(cc1OC)[C@]1(O)C(=O)c3c(O)cc(O)cc3O[C@@H]1[C@H](O)O2. The first-order valence-corrected chi connectivity index (χ1v) is 7.92. The Hall–Kier alpha value is -3.17. The normalized spacial score (nSPS) is 25.4. The molecule has 3 atom stereocenters. The molecule has 2 heterocycles. The van der Waals surface area contributed by atoms with E-state index < -0.39 is 29.5 Å². The summed E-state index contributed by atoms with van der Waals surface area (Å²) in [6.07, 6.45) is -3.24. The van der Waals surface area contributed by atoms with Crippen LogP contribution in [0.4, 0.5) is 0 Å². The van der Waals surface area contributed by atoms with Crippen molar-refractivity contribution in [2.45, 2.75) is 18.0 Å². The Labute approximate surface area is 152 Å². The minimum absolute atomic E-state index is 0.00225.